The average Bonchev–Trinajstić information content (AvgIpc) is 2.54. The Hall–Kier alpha value is -2.18. The van der Waals surface area contributed by atoms with Crippen LogP contribution in [0, 0.1) is 6.92 Å². The van der Waals surface area contributed by atoms with E-state index in [9.17, 15) is 4.79 Å². The minimum atomic E-state index is -0.218. The molecule has 0 atom stereocenters. The molecule has 2 aromatic rings. The molecule has 1 aromatic heterocycles. The summed E-state index contributed by atoms with van der Waals surface area (Å²) in [6.45, 7) is 6.74. The second-order valence-corrected chi connectivity index (χ2v) is 5.49. The molecule has 0 radical (unpaired) electrons. The van der Waals surface area contributed by atoms with Gasteiger partial charge in [-0.1, -0.05) is 13.8 Å². The van der Waals surface area contributed by atoms with Crippen molar-refractivity contribution in [1.29, 1.82) is 0 Å². The highest BCUT2D eigenvalue weighted by atomic mass is 35.5. The van der Waals surface area contributed by atoms with Gasteiger partial charge in [-0.3, -0.25) is 4.79 Å². The van der Waals surface area contributed by atoms with Crippen LogP contribution >= 0.6 is 12.4 Å². The molecule has 6 nitrogen and oxygen atoms in total. The Labute approximate surface area is 148 Å². The van der Waals surface area contributed by atoms with Crippen LogP contribution in [0.4, 0.5) is 5.69 Å². The molecule has 0 spiro atoms. The normalized spacial score (nSPS) is 10.2. The molecule has 2 rings (SSSR count). The Morgan fingerprint density at radius 3 is 2.54 bits per heavy atom. The van der Waals surface area contributed by atoms with Crippen molar-refractivity contribution in [1.82, 2.24) is 9.97 Å². The number of nitrogens with one attached hydrogen (secondary N) is 1. The molecule has 0 fully saturated rings. The van der Waals surface area contributed by atoms with E-state index < -0.39 is 0 Å². The predicted molar refractivity (Wildman–Crippen MR) is 97.1 cm³/mol. The number of halogens is 1. The zero-order chi connectivity index (χ0) is 16.8. The summed E-state index contributed by atoms with van der Waals surface area (Å²) in [4.78, 5) is 21.0. The summed E-state index contributed by atoms with van der Waals surface area (Å²) in [7, 11) is 0. The summed E-state index contributed by atoms with van der Waals surface area (Å²) in [5.41, 5.74) is 7.32. The standard InChI is InChI=1S/C17H22N4O2.ClH/c1-11(2)16-15(10-19-12(3)20-16)17(22)21-13-4-6-14(7-5-13)23-9-8-18;/h4-7,10-11H,8-9,18H2,1-3H3,(H,21,22);1H. The number of nitrogens with two attached hydrogens (primary N) is 1. The lowest BCUT2D eigenvalue weighted by atomic mass is 10.0. The van der Waals surface area contributed by atoms with Crippen LogP contribution in [0.2, 0.25) is 0 Å². The Morgan fingerprint density at radius 1 is 1.29 bits per heavy atom. The van der Waals surface area contributed by atoms with E-state index in [0.29, 0.717) is 30.2 Å². The third-order valence-corrected chi connectivity index (χ3v) is 3.23. The molecule has 24 heavy (non-hydrogen) atoms. The van der Waals surface area contributed by atoms with Crippen LogP contribution in [0.3, 0.4) is 0 Å². The lowest BCUT2D eigenvalue weighted by Gasteiger charge is -2.12. The van der Waals surface area contributed by atoms with E-state index in [2.05, 4.69) is 15.3 Å². The lowest BCUT2D eigenvalue weighted by molar-refractivity contribution is 0.102. The van der Waals surface area contributed by atoms with E-state index in [1.807, 2.05) is 20.8 Å². The van der Waals surface area contributed by atoms with Gasteiger partial charge < -0.3 is 15.8 Å². The van der Waals surface area contributed by atoms with Gasteiger partial charge in [0.1, 0.15) is 18.2 Å². The molecule has 0 saturated carbocycles. The second-order valence-electron chi connectivity index (χ2n) is 5.49. The Balaban J connectivity index is 0.00000288. The van der Waals surface area contributed by atoms with Crippen molar-refractivity contribution in [2.45, 2.75) is 26.7 Å². The SMILES string of the molecule is Cc1ncc(C(=O)Nc2ccc(OCCN)cc2)c(C(C)C)n1.Cl. The molecule has 3 N–H and O–H groups in total. The number of aromatic nitrogens is 2. The monoisotopic (exact) mass is 350 g/mol. The van der Waals surface area contributed by atoms with Gasteiger partial charge in [-0.25, -0.2) is 9.97 Å². The first kappa shape index (κ1) is 19.9. The quantitative estimate of drug-likeness (QED) is 0.836. The van der Waals surface area contributed by atoms with Crippen molar-refractivity contribution in [3.05, 3.63) is 47.5 Å². The van der Waals surface area contributed by atoms with Crippen LogP contribution in [0.1, 0.15) is 41.6 Å². The van der Waals surface area contributed by atoms with Gasteiger partial charge in [0.25, 0.3) is 5.91 Å². The van der Waals surface area contributed by atoms with Crippen molar-refractivity contribution in [3.8, 4) is 5.75 Å². The number of carbonyl (C=O) groups excluding carboxylic acids is 1. The second kappa shape index (κ2) is 9.20. The topological polar surface area (TPSA) is 90.1 Å². The predicted octanol–water partition coefficient (Wildman–Crippen LogP) is 2.92. The van der Waals surface area contributed by atoms with Gasteiger partial charge >= 0.3 is 0 Å². The summed E-state index contributed by atoms with van der Waals surface area (Å²) in [5, 5.41) is 2.86. The third-order valence-electron chi connectivity index (χ3n) is 3.23. The number of anilines is 1. The molecule has 130 valence electrons. The first-order chi connectivity index (χ1) is 11.0. The zero-order valence-electron chi connectivity index (χ0n) is 14.1. The molecule has 1 amide bonds. The van der Waals surface area contributed by atoms with Crippen molar-refractivity contribution >= 4 is 24.0 Å². The summed E-state index contributed by atoms with van der Waals surface area (Å²) >= 11 is 0. The Morgan fingerprint density at radius 2 is 1.96 bits per heavy atom. The maximum Gasteiger partial charge on any atom is 0.259 e. The lowest BCUT2D eigenvalue weighted by Crippen LogP contribution is -2.17. The molecule has 0 unspecified atom stereocenters. The van der Waals surface area contributed by atoms with Crippen LogP contribution in [-0.4, -0.2) is 29.0 Å². The minimum Gasteiger partial charge on any atom is -0.492 e. The van der Waals surface area contributed by atoms with Crippen LogP contribution in [-0.2, 0) is 0 Å². The summed E-state index contributed by atoms with van der Waals surface area (Å²) < 4.78 is 5.41. The first-order valence-corrected chi connectivity index (χ1v) is 7.59. The molecule has 0 saturated heterocycles. The number of rotatable bonds is 6. The fourth-order valence-electron chi connectivity index (χ4n) is 2.11. The molecular formula is C17H23ClN4O2. The van der Waals surface area contributed by atoms with E-state index in [4.69, 9.17) is 10.5 Å². The number of nitrogens with zero attached hydrogens (tertiary/aromatic N) is 2. The van der Waals surface area contributed by atoms with E-state index in [0.717, 1.165) is 11.4 Å². The van der Waals surface area contributed by atoms with Crippen molar-refractivity contribution in [3.63, 3.8) is 0 Å². The zero-order valence-corrected chi connectivity index (χ0v) is 14.9. The van der Waals surface area contributed by atoms with Gasteiger partial charge in [0.2, 0.25) is 0 Å². The Kier molecular flexibility index (Phi) is 7.61. The fraction of sp³-hybridized carbons (Fsp3) is 0.353. The van der Waals surface area contributed by atoms with E-state index in [1.54, 1.807) is 30.5 Å². The van der Waals surface area contributed by atoms with Crippen LogP contribution in [0.15, 0.2) is 30.5 Å². The number of aryl methyl sites for hydroxylation is 1. The van der Waals surface area contributed by atoms with Gasteiger partial charge in [0.15, 0.2) is 0 Å². The number of amides is 1. The fourth-order valence-corrected chi connectivity index (χ4v) is 2.11. The average molecular weight is 351 g/mol. The Bertz CT molecular complexity index is 675. The number of benzene rings is 1. The van der Waals surface area contributed by atoms with Gasteiger partial charge in [-0.2, -0.15) is 0 Å². The molecule has 1 heterocycles. The van der Waals surface area contributed by atoms with Crippen LogP contribution in [0.25, 0.3) is 0 Å². The smallest absolute Gasteiger partial charge is 0.259 e. The maximum absolute atomic E-state index is 12.5. The molecular weight excluding hydrogens is 328 g/mol. The van der Waals surface area contributed by atoms with E-state index in [-0.39, 0.29) is 24.2 Å². The molecule has 0 aliphatic carbocycles. The molecule has 0 bridgehead atoms. The first-order valence-electron chi connectivity index (χ1n) is 7.59. The summed E-state index contributed by atoms with van der Waals surface area (Å²) in [6, 6.07) is 7.15. The highest BCUT2D eigenvalue weighted by Gasteiger charge is 2.16. The minimum absolute atomic E-state index is 0. The van der Waals surface area contributed by atoms with Crippen LogP contribution in [0.5, 0.6) is 5.75 Å². The van der Waals surface area contributed by atoms with E-state index in [1.165, 1.54) is 0 Å². The molecule has 0 aliphatic rings. The van der Waals surface area contributed by atoms with Crippen LogP contribution < -0.4 is 15.8 Å². The van der Waals surface area contributed by atoms with Gasteiger partial charge in [0.05, 0.1) is 11.3 Å². The number of hydrogen-bond acceptors (Lipinski definition) is 5. The highest BCUT2D eigenvalue weighted by molar-refractivity contribution is 6.04. The van der Waals surface area contributed by atoms with Gasteiger partial charge in [-0.05, 0) is 37.1 Å². The maximum atomic E-state index is 12.5. The number of ether oxygens (including phenoxy) is 1. The highest BCUT2D eigenvalue weighted by Crippen LogP contribution is 2.20. The number of carbonyl (C=O) groups is 1. The molecule has 0 aliphatic heterocycles. The van der Waals surface area contributed by atoms with Crippen molar-refractivity contribution < 1.29 is 9.53 Å². The van der Waals surface area contributed by atoms with Gasteiger partial charge in [0, 0.05) is 18.4 Å². The largest absolute Gasteiger partial charge is 0.492 e. The molecule has 1 aromatic carbocycles. The van der Waals surface area contributed by atoms with Crippen molar-refractivity contribution in [2.24, 2.45) is 5.73 Å². The summed E-state index contributed by atoms with van der Waals surface area (Å²) in [6.07, 6.45) is 1.58. The third kappa shape index (κ3) is 5.18. The van der Waals surface area contributed by atoms with Crippen molar-refractivity contribution in [2.75, 3.05) is 18.5 Å². The molecule has 7 heteroatoms. The van der Waals surface area contributed by atoms with E-state index >= 15 is 0 Å². The number of hydrogen-bond donors (Lipinski definition) is 2. The van der Waals surface area contributed by atoms with Gasteiger partial charge in [-0.15, -0.1) is 12.4 Å². The summed E-state index contributed by atoms with van der Waals surface area (Å²) in [5.74, 6) is 1.30.